The first kappa shape index (κ1) is 8.67. The lowest BCUT2D eigenvalue weighted by Gasteiger charge is -1.98. The minimum absolute atomic E-state index is 0.130. The van der Waals surface area contributed by atoms with Crippen LogP contribution >= 0.6 is 0 Å². The minimum Gasteiger partial charge on any atom is -0.278 e. The van der Waals surface area contributed by atoms with Gasteiger partial charge in [-0.1, -0.05) is 12.2 Å². The Hall–Kier alpha value is -1.42. The van der Waals surface area contributed by atoms with Gasteiger partial charge in [0, 0.05) is 0 Å². The Balaban J connectivity index is 3.22. The van der Waals surface area contributed by atoms with Crippen molar-refractivity contribution >= 4 is 11.8 Å². The molecule has 0 radical (unpaired) electrons. The van der Waals surface area contributed by atoms with Crippen LogP contribution in [0.1, 0.15) is 13.8 Å². The number of allylic oxidation sites excluding steroid dienone is 2. The van der Waals surface area contributed by atoms with Crippen molar-refractivity contribution in [2.45, 2.75) is 13.8 Å². The molecule has 1 N–H and O–H groups in total. The van der Waals surface area contributed by atoms with Gasteiger partial charge < -0.3 is 0 Å². The number of imide groups is 1. The van der Waals surface area contributed by atoms with Gasteiger partial charge in [-0.05, 0) is 13.8 Å². The Labute approximate surface area is 69.7 Å². The monoisotopic (exact) mass is 167 g/mol. The molecule has 0 aromatic carbocycles. The summed E-state index contributed by atoms with van der Waals surface area (Å²) in [5.74, 6) is -1.31. The number of nitrogens with zero attached hydrogens (tertiary/aromatic N) is 1. The van der Waals surface area contributed by atoms with Crippen LogP contribution in [-0.2, 0) is 9.59 Å². The van der Waals surface area contributed by atoms with E-state index in [4.69, 9.17) is 5.21 Å². The largest absolute Gasteiger partial charge is 0.285 e. The first-order valence-electron chi connectivity index (χ1n) is 3.54. The van der Waals surface area contributed by atoms with Gasteiger partial charge in [0.15, 0.2) is 0 Å². The maximum absolute atomic E-state index is 11.1. The van der Waals surface area contributed by atoms with Gasteiger partial charge in [-0.25, -0.2) is 0 Å². The molecule has 4 nitrogen and oxygen atoms in total. The van der Waals surface area contributed by atoms with E-state index in [1.807, 2.05) is 0 Å². The number of amides is 2. The highest BCUT2D eigenvalue weighted by Crippen LogP contribution is 2.22. The van der Waals surface area contributed by atoms with Crippen molar-refractivity contribution in [1.29, 1.82) is 0 Å². The molecule has 0 aromatic heterocycles. The van der Waals surface area contributed by atoms with Crippen LogP contribution in [-0.4, -0.2) is 22.1 Å². The Morgan fingerprint density at radius 1 is 1.08 bits per heavy atom. The summed E-state index contributed by atoms with van der Waals surface area (Å²) in [6.45, 7) is 3.28. The predicted octanol–water partition coefficient (Wildman–Crippen LogP) is 0.637. The number of carbonyl (C=O) groups is 2. The normalized spacial score (nSPS) is 24.8. The minimum atomic E-state index is -0.657. The summed E-state index contributed by atoms with van der Waals surface area (Å²) < 4.78 is 0. The number of hydroxylamine groups is 2. The number of rotatable bonds is 0. The van der Waals surface area contributed by atoms with Gasteiger partial charge in [0.05, 0.1) is 11.1 Å². The summed E-state index contributed by atoms with van der Waals surface area (Å²) in [6.07, 6.45) is 3.01. The van der Waals surface area contributed by atoms with E-state index in [1.165, 1.54) is 12.2 Å². The fourth-order valence-electron chi connectivity index (χ4n) is 1.11. The lowest BCUT2D eigenvalue weighted by Crippen LogP contribution is -2.25. The summed E-state index contributed by atoms with van der Waals surface area (Å²) >= 11 is 0. The van der Waals surface area contributed by atoms with Crippen molar-refractivity contribution < 1.29 is 14.8 Å². The lowest BCUT2D eigenvalue weighted by molar-refractivity contribution is -0.168. The van der Waals surface area contributed by atoms with E-state index >= 15 is 0 Å². The summed E-state index contributed by atoms with van der Waals surface area (Å²) in [7, 11) is 0. The summed E-state index contributed by atoms with van der Waals surface area (Å²) in [4.78, 5) is 22.1. The molecule has 0 saturated carbocycles. The Morgan fingerprint density at radius 3 is 1.67 bits per heavy atom. The second-order valence-corrected chi connectivity index (χ2v) is 2.33. The van der Waals surface area contributed by atoms with Gasteiger partial charge in [-0.3, -0.25) is 14.8 Å². The van der Waals surface area contributed by atoms with Gasteiger partial charge in [0.2, 0.25) is 0 Å². The van der Waals surface area contributed by atoms with Gasteiger partial charge in [0.25, 0.3) is 11.8 Å². The Bertz CT molecular complexity index is 271. The standard InChI is InChI=1S/C8H9NO3/c1-3-5-6(4-2)8(11)9(12)7(5)10/h3-4,12H,1-2H3/b5-3-,6-4?. The summed E-state index contributed by atoms with van der Waals surface area (Å²) in [5, 5.41) is 9.05. The van der Waals surface area contributed by atoms with Crippen LogP contribution < -0.4 is 0 Å². The van der Waals surface area contributed by atoms with Gasteiger partial charge in [0.1, 0.15) is 0 Å². The zero-order chi connectivity index (χ0) is 9.30. The van der Waals surface area contributed by atoms with Crippen molar-refractivity contribution in [3.05, 3.63) is 23.3 Å². The molecule has 64 valence electrons. The van der Waals surface area contributed by atoms with Gasteiger partial charge >= 0.3 is 0 Å². The second-order valence-electron chi connectivity index (χ2n) is 2.33. The fraction of sp³-hybridized carbons (Fsp3) is 0.250. The molecule has 0 atom stereocenters. The fourth-order valence-corrected chi connectivity index (χ4v) is 1.11. The maximum atomic E-state index is 11.1. The number of carbonyl (C=O) groups excluding carboxylic acids is 2. The average molecular weight is 167 g/mol. The molecular weight excluding hydrogens is 158 g/mol. The van der Waals surface area contributed by atoms with Crippen LogP contribution in [0.15, 0.2) is 23.3 Å². The molecule has 4 heteroatoms. The Kier molecular flexibility index (Phi) is 2.10. The first-order chi connectivity index (χ1) is 5.63. The van der Waals surface area contributed by atoms with E-state index in [2.05, 4.69) is 0 Å². The molecule has 12 heavy (non-hydrogen) atoms. The SMILES string of the molecule is CC=C1C(=O)N(O)C(=O)/C1=C\C. The zero-order valence-corrected chi connectivity index (χ0v) is 6.87. The third-order valence-corrected chi connectivity index (χ3v) is 1.71. The number of hydrogen-bond acceptors (Lipinski definition) is 3. The highest BCUT2D eigenvalue weighted by molar-refractivity contribution is 6.23. The van der Waals surface area contributed by atoms with E-state index in [0.717, 1.165) is 0 Å². The van der Waals surface area contributed by atoms with Gasteiger partial charge in [-0.15, -0.1) is 5.06 Å². The zero-order valence-electron chi connectivity index (χ0n) is 6.87. The van der Waals surface area contributed by atoms with Gasteiger partial charge in [-0.2, -0.15) is 0 Å². The van der Waals surface area contributed by atoms with Crippen molar-refractivity contribution in [2.24, 2.45) is 0 Å². The van der Waals surface area contributed by atoms with Crippen molar-refractivity contribution in [1.82, 2.24) is 5.06 Å². The lowest BCUT2D eigenvalue weighted by atomic mass is 10.1. The maximum Gasteiger partial charge on any atom is 0.285 e. The predicted molar refractivity (Wildman–Crippen MR) is 41.2 cm³/mol. The first-order valence-corrected chi connectivity index (χ1v) is 3.54. The van der Waals surface area contributed by atoms with Crippen LogP contribution in [0.3, 0.4) is 0 Å². The topological polar surface area (TPSA) is 57.6 Å². The Morgan fingerprint density at radius 2 is 1.42 bits per heavy atom. The second kappa shape index (κ2) is 2.91. The van der Waals surface area contributed by atoms with Crippen LogP contribution in [0.5, 0.6) is 0 Å². The average Bonchev–Trinajstić information content (AvgIpc) is 2.29. The summed E-state index contributed by atoms with van der Waals surface area (Å²) in [5.41, 5.74) is 0.509. The van der Waals surface area contributed by atoms with Crippen molar-refractivity contribution in [3.63, 3.8) is 0 Å². The molecule has 0 spiro atoms. The third kappa shape index (κ3) is 0.967. The molecule has 1 aliphatic heterocycles. The van der Waals surface area contributed by atoms with Crippen LogP contribution in [0.4, 0.5) is 0 Å². The molecule has 2 amide bonds. The van der Waals surface area contributed by atoms with E-state index in [1.54, 1.807) is 13.8 Å². The molecule has 1 saturated heterocycles. The molecule has 0 aliphatic carbocycles. The van der Waals surface area contributed by atoms with Crippen LogP contribution in [0, 0.1) is 0 Å². The quantitative estimate of drug-likeness (QED) is 0.327. The van der Waals surface area contributed by atoms with E-state index in [9.17, 15) is 9.59 Å². The summed E-state index contributed by atoms with van der Waals surface area (Å²) in [6, 6.07) is 0. The number of hydrogen-bond donors (Lipinski definition) is 1. The molecule has 0 bridgehead atoms. The van der Waals surface area contributed by atoms with E-state index in [0.29, 0.717) is 0 Å². The van der Waals surface area contributed by atoms with Crippen LogP contribution in [0.25, 0.3) is 0 Å². The highest BCUT2D eigenvalue weighted by Gasteiger charge is 2.36. The molecule has 1 aliphatic rings. The van der Waals surface area contributed by atoms with Crippen molar-refractivity contribution in [2.75, 3.05) is 0 Å². The molecular formula is C8H9NO3. The smallest absolute Gasteiger partial charge is 0.278 e. The van der Waals surface area contributed by atoms with Crippen LogP contribution in [0.2, 0.25) is 0 Å². The molecule has 1 heterocycles. The highest BCUT2D eigenvalue weighted by atomic mass is 16.5. The molecule has 1 rings (SSSR count). The molecule has 1 fully saturated rings. The molecule has 0 aromatic rings. The molecule has 0 unspecified atom stereocenters. The van der Waals surface area contributed by atoms with Crippen molar-refractivity contribution in [3.8, 4) is 0 Å². The van der Waals surface area contributed by atoms with E-state index < -0.39 is 11.8 Å². The third-order valence-electron chi connectivity index (χ3n) is 1.71. The van der Waals surface area contributed by atoms with E-state index in [-0.39, 0.29) is 16.2 Å².